The second-order valence-corrected chi connectivity index (χ2v) is 8.97. The van der Waals surface area contributed by atoms with Gasteiger partial charge in [0.2, 0.25) is 0 Å². The first-order valence-electron chi connectivity index (χ1n) is 8.88. The number of anilines is 1. The molecule has 1 saturated heterocycles. The summed E-state index contributed by atoms with van der Waals surface area (Å²) in [4.78, 5) is 16.5. The van der Waals surface area contributed by atoms with Crippen LogP contribution in [0.4, 0.5) is 5.69 Å². The maximum Gasteiger partial charge on any atom is 0.262 e. The molecule has 0 bridgehead atoms. The molecule has 2 aromatic carbocycles. The van der Waals surface area contributed by atoms with E-state index in [1.807, 2.05) is 66.0 Å². The molecule has 1 aromatic heterocycles. The molecule has 1 fully saturated rings. The molecule has 0 radical (unpaired) electrons. The van der Waals surface area contributed by atoms with Crippen molar-refractivity contribution in [2.24, 2.45) is 0 Å². The van der Waals surface area contributed by atoms with Gasteiger partial charge in [-0.2, -0.15) is 0 Å². The van der Waals surface area contributed by atoms with E-state index < -0.39 is 0 Å². The lowest BCUT2D eigenvalue weighted by Crippen LogP contribution is -2.20. The topological polar surface area (TPSA) is 51.2 Å². The number of nitrogens with zero attached hydrogens (tertiary/aromatic N) is 1. The number of fused-ring (bicyclic) bond motifs is 1. The fourth-order valence-electron chi connectivity index (χ4n) is 2.89. The van der Waals surface area contributed by atoms with Crippen LogP contribution in [0.15, 0.2) is 60.8 Å². The van der Waals surface area contributed by atoms with Crippen molar-refractivity contribution in [3.63, 3.8) is 0 Å². The van der Waals surface area contributed by atoms with Crippen molar-refractivity contribution in [1.82, 2.24) is 4.98 Å². The molecular weight excluding hydrogens is 376 g/mol. The summed E-state index contributed by atoms with van der Waals surface area (Å²) in [5, 5.41) is 3.83. The number of nitrogens with one attached hydrogen (secondary N) is 1. The highest BCUT2D eigenvalue weighted by atomic mass is 32.2. The van der Waals surface area contributed by atoms with Gasteiger partial charge in [-0.15, -0.1) is 23.5 Å². The van der Waals surface area contributed by atoms with Crippen LogP contribution in [0.2, 0.25) is 0 Å². The number of thioether (sulfide) groups is 2. The normalized spacial score (nSPS) is 14.8. The lowest BCUT2D eigenvalue weighted by atomic mass is 10.2. The lowest BCUT2D eigenvalue weighted by Gasteiger charge is -2.21. The number of hydrogen-bond acceptors (Lipinski definition) is 5. The first-order chi connectivity index (χ1) is 13.3. The summed E-state index contributed by atoms with van der Waals surface area (Å²) in [6.07, 6.45) is 2.95. The highest BCUT2D eigenvalue weighted by Gasteiger charge is 2.16. The minimum Gasteiger partial charge on any atom is -0.484 e. The third kappa shape index (κ3) is 4.76. The Labute approximate surface area is 167 Å². The zero-order valence-electron chi connectivity index (χ0n) is 14.8. The Morgan fingerprint density at radius 3 is 2.70 bits per heavy atom. The Balaban J connectivity index is 1.31. The van der Waals surface area contributed by atoms with Gasteiger partial charge in [-0.25, -0.2) is 0 Å². The van der Waals surface area contributed by atoms with Gasteiger partial charge in [-0.1, -0.05) is 30.3 Å². The number of hydrogen-bond donors (Lipinski definition) is 1. The van der Waals surface area contributed by atoms with Gasteiger partial charge in [0.15, 0.2) is 6.61 Å². The molecule has 4 nitrogen and oxygen atoms in total. The molecule has 3 aromatic rings. The number of para-hydroxylation sites is 1. The van der Waals surface area contributed by atoms with E-state index in [0.717, 1.165) is 10.9 Å². The maximum atomic E-state index is 12.2. The number of carbonyl (C=O) groups is 1. The number of pyridine rings is 1. The van der Waals surface area contributed by atoms with Crippen LogP contribution in [0.5, 0.6) is 5.75 Å². The molecule has 27 heavy (non-hydrogen) atoms. The van der Waals surface area contributed by atoms with Crippen molar-refractivity contribution in [2.75, 3.05) is 23.4 Å². The van der Waals surface area contributed by atoms with Gasteiger partial charge in [-0.05, 0) is 47.8 Å². The van der Waals surface area contributed by atoms with E-state index in [0.29, 0.717) is 16.0 Å². The molecule has 1 amide bonds. The van der Waals surface area contributed by atoms with Crippen molar-refractivity contribution in [2.45, 2.75) is 11.0 Å². The van der Waals surface area contributed by atoms with Gasteiger partial charge < -0.3 is 10.1 Å². The summed E-state index contributed by atoms with van der Waals surface area (Å²) in [7, 11) is 0. The van der Waals surface area contributed by atoms with Gasteiger partial charge in [0.1, 0.15) is 5.75 Å². The smallest absolute Gasteiger partial charge is 0.262 e. The number of aromatic nitrogens is 1. The zero-order chi connectivity index (χ0) is 18.5. The fourth-order valence-corrected chi connectivity index (χ4v) is 5.78. The quantitative estimate of drug-likeness (QED) is 0.649. The van der Waals surface area contributed by atoms with Crippen LogP contribution < -0.4 is 10.1 Å². The average Bonchev–Trinajstić information content (AvgIpc) is 2.73. The molecule has 1 aliphatic heterocycles. The zero-order valence-corrected chi connectivity index (χ0v) is 16.4. The molecule has 0 atom stereocenters. The van der Waals surface area contributed by atoms with Crippen LogP contribution in [0, 0.1) is 0 Å². The summed E-state index contributed by atoms with van der Waals surface area (Å²) >= 11 is 3.99. The number of rotatable bonds is 5. The van der Waals surface area contributed by atoms with E-state index in [2.05, 4.69) is 22.4 Å². The summed E-state index contributed by atoms with van der Waals surface area (Å²) in [5.74, 6) is 2.95. The molecule has 0 unspecified atom stereocenters. The van der Waals surface area contributed by atoms with Crippen molar-refractivity contribution >= 4 is 46.0 Å². The second kappa shape index (κ2) is 8.67. The standard InChI is InChI=1S/C21H20N2O2S2/c24-20(23-17-12-16-4-1-2-5-19(16)22-13-17)14-25-18-8-6-15(7-9-18)21-26-10-3-11-27-21/h1-2,4-9,12-13,21H,3,10-11,14H2,(H,23,24). The van der Waals surface area contributed by atoms with Crippen LogP contribution in [-0.4, -0.2) is 29.0 Å². The summed E-state index contributed by atoms with van der Waals surface area (Å²) in [6, 6.07) is 17.8. The Bertz CT molecular complexity index is 925. The molecular formula is C21H20N2O2S2. The highest BCUT2D eigenvalue weighted by Crippen LogP contribution is 2.43. The minimum atomic E-state index is -0.199. The van der Waals surface area contributed by atoms with Gasteiger partial charge in [0.05, 0.1) is 22.0 Å². The van der Waals surface area contributed by atoms with Gasteiger partial charge >= 0.3 is 0 Å². The van der Waals surface area contributed by atoms with Crippen LogP contribution in [0.3, 0.4) is 0 Å². The van der Waals surface area contributed by atoms with E-state index in [4.69, 9.17) is 4.74 Å². The van der Waals surface area contributed by atoms with E-state index in [1.54, 1.807) is 6.20 Å². The molecule has 0 aliphatic carbocycles. The largest absolute Gasteiger partial charge is 0.484 e. The van der Waals surface area contributed by atoms with Crippen molar-refractivity contribution in [3.8, 4) is 5.75 Å². The Kier molecular flexibility index (Phi) is 5.84. The van der Waals surface area contributed by atoms with Gasteiger partial charge in [0.25, 0.3) is 5.91 Å². The maximum absolute atomic E-state index is 12.2. The number of carbonyl (C=O) groups excluding carboxylic acids is 1. The Morgan fingerprint density at radius 2 is 1.89 bits per heavy atom. The van der Waals surface area contributed by atoms with E-state index in [9.17, 15) is 4.79 Å². The summed E-state index contributed by atoms with van der Waals surface area (Å²) in [6.45, 7) is -0.0287. The number of ether oxygens (including phenoxy) is 1. The fraction of sp³-hybridized carbons (Fsp3) is 0.238. The van der Waals surface area contributed by atoms with E-state index in [1.165, 1.54) is 23.5 Å². The van der Waals surface area contributed by atoms with Crippen LogP contribution >= 0.6 is 23.5 Å². The van der Waals surface area contributed by atoms with Crippen molar-refractivity contribution < 1.29 is 9.53 Å². The van der Waals surface area contributed by atoms with Gasteiger partial charge in [-0.3, -0.25) is 9.78 Å². The molecule has 1 aliphatic rings. The van der Waals surface area contributed by atoms with E-state index in [-0.39, 0.29) is 12.5 Å². The third-order valence-corrected chi connectivity index (χ3v) is 7.24. The Morgan fingerprint density at radius 1 is 1.11 bits per heavy atom. The summed E-state index contributed by atoms with van der Waals surface area (Å²) < 4.78 is 6.13. The molecule has 0 spiro atoms. The van der Waals surface area contributed by atoms with E-state index >= 15 is 0 Å². The Hall–Kier alpha value is -2.18. The SMILES string of the molecule is O=C(COc1ccc(C2SCCCS2)cc1)Nc1cnc2ccccc2c1. The third-order valence-electron chi connectivity index (χ3n) is 4.22. The minimum absolute atomic E-state index is 0.0287. The first-order valence-corrected chi connectivity index (χ1v) is 11.0. The predicted octanol–water partition coefficient (Wildman–Crippen LogP) is 5.12. The monoisotopic (exact) mass is 396 g/mol. The number of amides is 1. The first kappa shape index (κ1) is 18.2. The molecule has 0 saturated carbocycles. The number of benzene rings is 2. The van der Waals surface area contributed by atoms with Gasteiger partial charge in [0, 0.05) is 5.39 Å². The van der Waals surface area contributed by atoms with Crippen LogP contribution in [0.25, 0.3) is 10.9 Å². The molecule has 6 heteroatoms. The molecule has 2 heterocycles. The van der Waals surface area contributed by atoms with Crippen LogP contribution in [0.1, 0.15) is 16.6 Å². The second-order valence-electron chi connectivity index (χ2n) is 6.25. The lowest BCUT2D eigenvalue weighted by molar-refractivity contribution is -0.118. The van der Waals surface area contributed by atoms with Crippen molar-refractivity contribution in [1.29, 1.82) is 0 Å². The average molecular weight is 397 g/mol. The molecule has 1 N–H and O–H groups in total. The highest BCUT2D eigenvalue weighted by molar-refractivity contribution is 8.16. The molecule has 4 rings (SSSR count). The predicted molar refractivity (Wildman–Crippen MR) is 115 cm³/mol. The van der Waals surface area contributed by atoms with Crippen LogP contribution in [-0.2, 0) is 4.79 Å². The van der Waals surface area contributed by atoms with Crippen molar-refractivity contribution in [3.05, 3.63) is 66.4 Å². The summed E-state index contributed by atoms with van der Waals surface area (Å²) in [5.41, 5.74) is 2.88. The molecule has 138 valence electrons.